The van der Waals surface area contributed by atoms with E-state index in [2.05, 4.69) is 5.10 Å². The Balaban J connectivity index is 1.82. The van der Waals surface area contributed by atoms with Gasteiger partial charge < -0.3 is 9.64 Å². The molecule has 2 aromatic heterocycles. The van der Waals surface area contributed by atoms with Crippen LogP contribution in [0.1, 0.15) is 27.9 Å². The predicted molar refractivity (Wildman–Crippen MR) is 105 cm³/mol. The molecule has 0 spiro atoms. The summed E-state index contributed by atoms with van der Waals surface area (Å²) in [6.45, 7) is 1.81. The summed E-state index contributed by atoms with van der Waals surface area (Å²) in [5, 5.41) is 5.63. The van der Waals surface area contributed by atoms with E-state index in [9.17, 15) is 22.8 Å². The van der Waals surface area contributed by atoms with E-state index in [0.717, 1.165) is 23.0 Å². The Morgan fingerprint density at radius 2 is 1.90 bits per heavy atom. The van der Waals surface area contributed by atoms with E-state index in [0.29, 0.717) is 4.88 Å². The lowest BCUT2D eigenvalue weighted by molar-refractivity contribution is -0.144. The highest BCUT2D eigenvalue weighted by Crippen LogP contribution is 2.33. The van der Waals surface area contributed by atoms with Crippen LogP contribution in [0.15, 0.2) is 48.5 Å². The van der Waals surface area contributed by atoms with E-state index in [4.69, 9.17) is 4.74 Å². The molecule has 0 fully saturated rings. The number of carbonyl (C=O) groups is 2. The number of aromatic amines is 1. The number of hydrogen-bond acceptors (Lipinski definition) is 5. The van der Waals surface area contributed by atoms with Crippen LogP contribution in [-0.4, -0.2) is 40.1 Å². The lowest BCUT2D eigenvalue weighted by Gasteiger charge is -2.21. The van der Waals surface area contributed by atoms with Gasteiger partial charge in [0.2, 0.25) is 0 Å². The van der Waals surface area contributed by atoms with Crippen LogP contribution in [0.2, 0.25) is 0 Å². The van der Waals surface area contributed by atoms with Crippen molar-refractivity contribution in [2.75, 3.05) is 13.2 Å². The maximum Gasteiger partial charge on any atom is 0.432 e. The molecule has 0 radical (unpaired) electrons. The summed E-state index contributed by atoms with van der Waals surface area (Å²) >= 11 is 1.00. The van der Waals surface area contributed by atoms with Crippen LogP contribution in [0, 0.1) is 0 Å². The normalized spacial score (nSPS) is 11.3. The molecule has 6 nitrogen and oxygen atoms in total. The van der Waals surface area contributed by atoms with E-state index in [1.54, 1.807) is 6.92 Å². The third kappa shape index (κ3) is 5.26. The molecule has 1 N–H and O–H groups in total. The van der Waals surface area contributed by atoms with Crippen molar-refractivity contribution >= 4 is 23.2 Å². The molecule has 0 unspecified atom stereocenters. The Kier molecular flexibility index (Phi) is 6.56. The number of hydrogen-bond donors (Lipinski definition) is 1. The number of nitrogens with zero attached hydrogens (tertiary/aromatic N) is 2. The molecule has 0 bridgehead atoms. The highest BCUT2D eigenvalue weighted by Gasteiger charge is 2.33. The maximum absolute atomic E-state index is 13.0. The van der Waals surface area contributed by atoms with Crippen molar-refractivity contribution in [3.8, 4) is 10.6 Å². The predicted octanol–water partition coefficient (Wildman–Crippen LogP) is 4.36. The highest BCUT2D eigenvalue weighted by molar-refractivity contribution is 7.17. The number of carbonyl (C=O) groups excluding carboxylic acids is 2. The second kappa shape index (κ2) is 9.12. The molecule has 1 aromatic carbocycles. The molecule has 3 aromatic rings. The van der Waals surface area contributed by atoms with E-state index in [1.165, 1.54) is 17.0 Å². The molecular weight excluding hydrogens is 419 g/mol. The monoisotopic (exact) mass is 437 g/mol. The first-order valence-electron chi connectivity index (χ1n) is 8.99. The highest BCUT2D eigenvalue weighted by atomic mass is 32.1. The maximum atomic E-state index is 13.0. The zero-order chi connectivity index (χ0) is 21.7. The van der Waals surface area contributed by atoms with Gasteiger partial charge in [0.15, 0.2) is 0 Å². The lowest BCUT2D eigenvalue weighted by atomic mass is 10.2. The molecule has 0 aliphatic rings. The van der Waals surface area contributed by atoms with E-state index in [-0.39, 0.29) is 30.3 Å². The summed E-state index contributed by atoms with van der Waals surface area (Å²) in [4.78, 5) is 27.0. The number of amides is 1. The number of nitrogens with one attached hydrogen (secondary N) is 1. The van der Waals surface area contributed by atoms with Gasteiger partial charge >= 0.3 is 12.1 Å². The SMILES string of the molecule is CCOC(=O)CN(Cc1ccccc1)C(=O)c1ccc(-c2cc(C(F)(F)F)[nH]n2)s1. The summed E-state index contributed by atoms with van der Waals surface area (Å²) in [5.74, 6) is -0.963. The molecular formula is C20H18F3N3O3S. The number of esters is 1. The molecule has 0 aliphatic heterocycles. The van der Waals surface area contributed by atoms with Crippen LogP contribution in [0.5, 0.6) is 0 Å². The van der Waals surface area contributed by atoms with Crippen molar-refractivity contribution in [2.45, 2.75) is 19.6 Å². The number of benzene rings is 1. The van der Waals surface area contributed by atoms with Crippen LogP contribution < -0.4 is 0 Å². The summed E-state index contributed by atoms with van der Waals surface area (Å²) in [7, 11) is 0. The fourth-order valence-corrected chi connectivity index (χ4v) is 3.64. The van der Waals surface area contributed by atoms with Crippen molar-refractivity contribution < 1.29 is 27.5 Å². The Morgan fingerprint density at radius 1 is 1.17 bits per heavy atom. The van der Waals surface area contributed by atoms with Gasteiger partial charge in [-0.05, 0) is 30.7 Å². The van der Waals surface area contributed by atoms with Gasteiger partial charge in [-0.3, -0.25) is 14.7 Å². The minimum atomic E-state index is -4.53. The van der Waals surface area contributed by atoms with Gasteiger partial charge in [0.25, 0.3) is 5.91 Å². The van der Waals surface area contributed by atoms with Crippen LogP contribution >= 0.6 is 11.3 Å². The molecule has 1 amide bonds. The fourth-order valence-electron chi connectivity index (χ4n) is 2.71. The average molecular weight is 437 g/mol. The number of ether oxygens (including phenoxy) is 1. The largest absolute Gasteiger partial charge is 0.465 e. The number of alkyl halides is 3. The molecule has 2 heterocycles. The second-order valence-electron chi connectivity index (χ2n) is 6.28. The molecule has 3 rings (SSSR count). The molecule has 158 valence electrons. The zero-order valence-corrected chi connectivity index (χ0v) is 16.7. The summed E-state index contributed by atoms with van der Waals surface area (Å²) in [5.41, 5.74) is -0.0489. The Labute approximate surface area is 174 Å². The Hall–Kier alpha value is -3.14. The van der Waals surface area contributed by atoms with Gasteiger partial charge in [-0.15, -0.1) is 11.3 Å². The Morgan fingerprint density at radius 3 is 2.53 bits per heavy atom. The number of H-pyrrole nitrogens is 1. The van der Waals surface area contributed by atoms with Crippen LogP contribution in [0.3, 0.4) is 0 Å². The number of aromatic nitrogens is 2. The first-order valence-corrected chi connectivity index (χ1v) is 9.81. The topological polar surface area (TPSA) is 75.3 Å². The number of thiophene rings is 1. The zero-order valence-electron chi connectivity index (χ0n) is 15.9. The Bertz CT molecular complexity index is 1010. The van der Waals surface area contributed by atoms with Crippen LogP contribution in [0.4, 0.5) is 13.2 Å². The minimum Gasteiger partial charge on any atom is -0.465 e. The van der Waals surface area contributed by atoms with Crippen molar-refractivity contribution in [3.05, 3.63) is 64.7 Å². The van der Waals surface area contributed by atoms with Gasteiger partial charge in [-0.25, -0.2) is 0 Å². The minimum absolute atomic E-state index is 0.0892. The third-order valence-electron chi connectivity index (χ3n) is 4.08. The van der Waals surface area contributed by atoms with Crippen molar-refractivity contribution in [2.24, 2.45) is 0 Å². The second-order valence-corrected chi connectivity index (χ2v) is 7.36. The van der Waals surface area contributed by atoms with Crippen molar-refractivity contribution in [3.63, 3.8) is 0 Å². The van der Waals surface area contributed by atoms with Crippen molar-refractivity contribution in [1.29, 1.82) is 0 Å². The summed E-state index contributed by atoms with van der Waals surface area (Å²) < 4.78 is 43.3. The molecule has 0 saturated heterocycles. The van der Waals surface area contributed by atoms with Gasteiger partial charge in [0, 0.05) is 6.54 Å². The van der Waals surface area contributed by atoms with Crippen LogP contribution in [-0.2, 0) is 22.3 Å². The molecule has 30 heavy (non-hydrogen) atoms. The average Bonchev–Trinajstić information content (AvgIpc) is 3.37. The third-order valence-corrected chi connectivity index (χ3v) is 5.18. The lowest BCUT2D eigenvalue weighted by Crippen LogP contribution is -2.35. The van der Waals surface area contributed by atoms with E-state index >= 15 is 0 Å². The first kappa shape index (κ1) is 21.6. The quantitative estimate of drug-likeness (QED) is 0.558. The molecule has 0 aliphatic carbocycles. The van der Waals surface area contributed by atoms with Crippen LogP contribution in [0.25, 0.3) is 10.6 Å². The smallest absolute Gasteiger partial charge is 0.432 e. The summed E-state index contributed by atoms with van der Waals surface area (Å²) in [6, 6.07) is 13.1. The van der Waals surface area contributed by atoms with Gasteiger partial charge in [0.05, 0.1) is 16.4 Å². The molecule has 10 heteroatoms. The van der Waals surface area contributed by atoms with Gasteiger partial charge in [-0.1, -0.05) is 30.3 Å². The number of halogens is 3. The molecule has 0 atom stereocenters. The standard InChI is InChI=1S/C20H18F3N3O3S/c1-2-29-18(27)12-26(11-13-6-4-3-5-7-13)19(28)16-9-8-15(30-16)14-10-17(25-24-14)20(21,22)23/h3-10H,2,11-12H2,1H3,(H,24,25). The van der Waals surface area contributed by atoms with Crippen molar-refractivity contribution in [1.82, 2.24) is 15.1 Å². The molecule has 0 saturated carbocycles. The van der Waals surface area contributed by atoms with E-state index in [1.807, 2.05) is 35.4 Å². The fraction of sp³-hybridized carbons (Fsp3) is 0.250. The van der Waals surface area contributed by atoms with E-state index < -0.39 is 23.7 Å². The summed E-state index contributed by atoms with van der Waals surface area (Å²) in [6.07, 6.45) is -4.53. The van der Waals surface area contributed by atoms with Gasteiger partial charge in [0.1, 0.15) is 17.9 Å². The first-order chi connectivity index (χ1) is 14.3. The number of rotatable bonds is 7. The van der Waals surface area contributed by atoms with Gasteiger partial charge in [-0.2, -0.15) is 18.3 Å².